The Kier molecular flexibility index (Phi) is 6.45. The zero-order chi connectivity index (χ0) is 15.2. The lowest BCUT2D eigenvalue weighted by atomic mass is 10.1. The van der Waals surface area contributed by atoms with Crippen LogP contribution in [0.25, 0.3) is 0 Å². The maximum atomic E-state index is 12.3. The number of benzene rings is 1. The first kappa shape index (κ1) is 16.9. The Morgan fingerprint density at radius 2 is 1.80 bits per heavy atom. The fourth-order valence-electron chi connectivity index (χ4n) is 1.93. The van der Waals surface area contributed by atoms with E-state index in [0.29, 0.717) is 29.4 Å². The number of aryl methyl sites for hydroxylation is 2. The molecule has 0 aliphatic heterocycles. The van der Waals surface area contributed by atoms with Crippen molar-refractivity contribution in [2.24, 2.45) is 0 Å². The normalized spacial score (nSPS) is 11.6. The molecule has 0 radical (unpaired) electrons. The maximum Gasteiger partial charge on any atom is 0.240 e. The molecule has 114 valence electrons. The number of nitrogens with one attached hydrogen (secondary N) is 1. The zero-order valence-corrected chi connectivity index (χ0v) is 13.3. The Morgan fingerprint density at radius 3 is 2.40 bits per heavy atom. The van der Waals surface area contributed by atoms with Crippen LogP contribution in [0, 0.1) is 13.8 Å². The zero-order valence-electron chi connectivity index (χ0n) is 12.5. The summed E-state index contributed by atoms with van der Waals surface area (Å²) in [7, 11) is -0.266. The van der Waals surface area contributed by atoms with Crippen LogP contribution in [-0.4, -0.2) is 35.8 Å². The quantitative estimate of drug-likeness (QED) is 0.746. The van der Waals surface area contributed by atoms with Crippen LogP contribution in [0.3, 0.4) is 0 Å². The lowest BCUT2D eigenvalue weighted by Gasteiger charge is -2.12. The minimum absolute atomic E-state index is 0.308. The molecule has 1 aromatic rings. The number of rotatable bonds is 8. The molecular formula is C14H23NO4S. The number of methoxy groups -OCH3 is 2. The lowest BCUT2D eigenvalue weighted by molar-refractivity contribution is 0.193. The summed E-state index contributed by atoms with van der Waals surface area (Å²) >= 11 is 0. The van der Waals surface area contributed by atoms with Crippen molar-refractivity contribution in [2.75, 3.05) is 27.4 Å². The Hall–Kier alpha value is -1.11. The van der Waals surface area contributed by atoms with Gasteiger partial charge in [0.2, 0.25) is 10.0 Å². The van der Waals surface area contributed by atoms with Gasteiger partial charge >= 0.3 is 0 Å². The molecule has 1 rings (SSSR count). The summed E-state index contributed by atoms with van der Waals surface area (Å²) in [6, 6.07) is 3.39. The molecule has 1 N–H and O–H groups in total. The second-order valence-corrected chi connectivity index (χ2v) is 6.42. The summed E-state index contributed by atoms with van der Waals surface area (Å²) in [5, 5.41) is 0. The van der Waals surface area contributed by atoms with Crippen molar-refractivity contribution >= 4 is 10.0 Å². The van der Waals surface area contributed by atoms with Gasteiger partial charge in [0.1, 0.15) is 5.75 Å². The monoisotopic (exact) mass is 301 g/mol. The molecule has 6 heteroatoms. The molecule has 0 aliphatic carbocycles. The third kappa shape index (κ3) is 4.47. The smallest absolute Gasteiger partial charge is 0.240 e. The standard InChI is InChI=1S/C14H23NO4S/c1-11-10-14(12(2)9-13(11)19-4)20(16,17)15-7-5-6-8-18-3/h9-10,15H,5-8H2,1-4H3. The molecule has 0 spiro atoms. The van der Waals surface area contributed by atoms with E-state index in [-0.39, 0.29) is 0 Å². The Bertz CT molecular complexity index is 540. The van der Waals surface area contributed by atoms with E-state index < -0.39 is 10.0 Å². The van der Waals surface area contributed by atoms with Crippen molar-refractivity contribution in [1.82, 2.24) is 4.72 Å². The van der Waals surface area contributed by atoms with E-state index >= 15 is 0 Å². The predicted octanol–water partition coefficient (Wildman–Crippen LogP) is 2.02. The highest BCUT2D eigenvalue weighted by Gasteiger charge is 2.18. The van der Waals surface area contributed by atoms with Crippen LogP contribution in [0.4, 0.5) is 0 Å². The molecule has 0 bridgehead atoms. The van der Waals surface area contributed by atoms with E-state index in [2.05, 4.69) is 4.72 Å². The van der Waals surface area contributed by atoms with E-state index in [9.17, 15) is 8.42 Å². The Labute approximate surface area is 121 Å². The van der Waals surface area contributed by atoms with Crippen molar-refractivity contribution in [1.29, 1.82) is 0 Å². The fourth-order valence-corrected chi connectivity index (χ4v) is 3.31. The van der Waals surface area contributed by atoms with Gasteiger partial charge in [0.25, 0.3) is 0 Å². The van der Waals surface area contributed by atoms with Gasteiger partial charge in [-0.3, -0.25) is 0 Å². The highest BCUT2D eigenvalue weighted by molar-refractivity contribution is 7.89. The molecule has 0 amide bonds. The van der Waals surface area contributed by atoms with Crippen LogP contribution >= 0.6 is 0 Å². The molecular weight excluding hydrogens is 278 g/mol. The summed E-state index contributed by atoms with van der Waals surface area (Å²) in [5.41, 5.74) is 1.48. The maximum absolute atomic E-state index is 12.3. The molecule has 0 saturated heterocycles. The molecule has 0 aromatic heterocycles. The van der Waals surface area contributed by atoms with Crippen LogP contribution < -0.4 is 9.46 Å². The van der Waals surface area contributed by atoms with Crippen molar-refractivity contribution in [3.8, 4) is 5.75 Å². The molecule has 0 heterocycles. The number of hydrogen-bond donors (Lipinski definition) is 1. The molecule has 1 aromatic carbocycles. The molecule has 0 fully saturated rings. The topological polar surface area (TPSA) is 64.6 Å². The van der Waals surface area contributed by atoms with Crippen LogP contribution in [0.1, 0.15) is 24.0 Å². The lowest BCUT2D eigenvalue weighted by Crippen LogP contribution is -2.25. The van der Waals surface area contributed by atoms with Crippen LogP contribution in [0.2, 0.25) is 0 Å². The van der Waals surface area contributed by atoms with Gasteiger partial charge in [-0.1, -0.05) is 0 Å². The third-order valence-electron chi connectivity index (χ3n) is 3.05. The molecule has 20 heavy (non-hydrogen) atoms. The minimum Gasteiger partial charge on any atom is -0.496 e. The summed E-state index contributed by atoms with van der Waals surface area (Å²) in [6.45, 7) is 4.65. The van der Waals surface area contributed by atoms with Gasteiger partial charge in [-0.05, 0) is 49.9 Å². The second kappa shape index (κ2) is 7.61. The third-order valence-corrected chi connectivity index (χ3v) is 4.65. The van der Waals surface area contributed by atoms with E-state index in [4.69, 9.17) is 9.47 Å². The molecule has 5 nitrogen and oxygen atoms in total. The van der Waals surface area contributed by atoms with Crippen molar-refractivity contribution < 1.29 is 17.9 Å². The summed E-state index contributed by atoms with van der Waals surface area (Å²) < 4.78 is 37.2. The summed E-state index contributed by atoms with van der Waals surface area (Å²) in [4.78, 5) is 0.308. The van der Waals surface area contributed by atoms with Gasteiger partial charge < -0.3 is 9.47 Å². The minimum atomic E-state index is -3.47. The first-order chi connectivity index (χ1) is 9.42. The summed E-state index contributed by atoms with van der Waals surface area (Å²) in [5.74, 6) is 0.696. The largest absolute Gasteiger partial charge is 0.496 e. The van der Waals surface area contributed by atoms with Crippen molar-refractivity contribution in [3.63, 3.8) is 0 Å². The first-order valence-corrected chi connectivity index (χ1v) is 8.04. The van der Waals surface area contributed by atoms with Crippen molar-refractivity contribution in [2.45, 2.75) is 31.6 Å². The average Bonchev–Trinajstić information content (AvgIpc) is 2.40. The molecule has 0 aliphatic rings. The van der Waals surface area contributed by atoms with Gasteiger partial charge in [0, 0.05) is 20.3 Å². The number of hydrogen-bond acceptors (Lipinski definition) is 4. The average molecular weight is 301 g/mol. The van der Waals surface area contributed by atoms with Gasteiger partial charge in [-0.25, -0.2) is 13.1 Å². The van der Waals surface area contributed by atoms with Crippen LogP contribution in [-0.2, 0) is 14.8 Å². The van der Waals surface area contributed by atoms with E-state index in [1.54, 1.807) is 33.3 Å². The van der Waals surface area contributed by atoms with Crippen LogP contribution in [0.15, 0.2) is 17.0 Å². The summed E-state index contributed by atoms with van der Waals surface area (Å²) in [6.07, 6.45) is 1.58. The van der Waals surface area contributed by atoms with Gasteiger partial charge in [-0.2, -0.15) is 0 Å². The molecule has 0 unspecified atom stereocenters. The fraction of sp³-hybridized carbons (Fsp3) is 0.571. The molecule has 0 atom stereocenters. The van der Waals surface area contributed by atoms with E-state index in [0.717, 1.165) is 18.4 Å². The Morgan fingerprint density at radius 1 is 1.10 bits per heavy atom. The number of sulfonamides is 1. The molecule has 0 saturated carbocycles. The number of unbranched alkanes of at least 4 members (excludes halogenated alkanes) is 1. The highest BCUT2D eigenvalue weighted by Crippen LogP contribution is 2.25. The SMILES string of the molecule is COCCCCNS(=O)(=O)c1cc(C)c(OC)cc1C. The van der Waals surface area contributed by atoms with Crippen molar-refractivity contribution in [3.05, 3.63) is 23.3 Å². The van der Waals surface area contributed by atoms with Crippen LogP contribution in [0.5, 0.6) is 5.75 Å². The van der Waals surface area contributed by atoms with Gasteiger partial charge in [0.15, 0.2) is 0 Å². The predicted molar refractivity (Wildman–Crippen MR) is 78.8 cm³/mol. The van der Waals surface area contributed by atoms with Gasteiger partial charge in [0.05, 0.1) is 12.0 Å². The van der Waals surface area contributed by atoms with E-state index in [1.807, 2.05) is 6.92 Å². The first-order valence-electron chi connectivity index (χ1n) is 6.56. The number of ether oxygens (including phenoxy) is 2. The van der Waals surface area contributed by atoms with Gasteiger partial charge in [-0.15, -0.1) is 0 Å². The second-order valence-electron chi connectivity index (χ2n) is 4.69. The Balaban J connectivity index is 2.80. The van der Waals surface area contributed by atoms with E-state index in [1.165, 1.54) is 0 Å². The highest BCUT2D eigenvalue weighted by atomic mass is 32.2.